The van der Waals surface area contributed by atoms with Crippen LogP contribution in [0, 0.1) is 5.95 Å². The third kappa shape index (κ3) is 4.01. The van der Waals surface area contributed by atoms with Crippen LogP contribution in [-0.2, 0) is 4.79 Å². The van der Waals surface area contributed by atoms with Crippen LogP contribution in [0.4, 0.5) is 4.39 Å². The predicted octanol–water partition coefficient (Wildman–Crippen LogP) is 1.21. The highest BCUT2D eigenvalue weighted by molar-refractivity contribution is 5.97. The first-order valence-corrected chi connectivity index (χ1v) is 6.20. The number of hydrogen-bond donors (Lipinski definition) is 1. The molecule has 1 rings (SSSR count). The van der Waals surface area contributed by atoms with Crippen LogP contribution in [0.3, 0.4) is 0 Å². The first-order chi connectivity index (χ1) is 8.99. The number of carbonyl (C=O) groups excluding carboxylic acids is 2. The number of hydrogen-bond acceptors (Lipinski definition) is 3. The summed E-state index contributed by atoms with van der Waals surface area (Å²) < 4.78 is 12.9. The second kappa shape index (κ2) is 6.82. The van der Waals surface area contributed by atoms with Gasteiger partial charge in [-0.15, -0.1) is 0 Å². The molecule has 0 spiro atoms. The fourth-order valence-corrected chi connectivity index (χ4v) is 1.69. The average Bonchev–Trinajstić information content (AvgIpc) is 2.39. The van der Waals surface area contributed by atoms with Crippen LogP contribution < -0.4 is 5.32 Å². The lowest BCUT2D eigenvalue weighted by Gasteiger charge is -2.23. The Hall–Kier alpha value is -1.98. The van der Waals surface area contributed by atoms with Crippen molar-refractivity contribution in [2.75, 3.05) is 13.1 Å². The van der Waals surface area contributed by atoms with E-state index in [-0.39, 0.29) is 11.5 Å². The van der Waals surface area contributed by atoms with Gasteiger partial charge in [0.05, 0.1) is 0 Å². The van der Waals surface area contributed by atoms with Crippen molar-refractivity contribution in [3.63, 3.8) is 0 Å². The van der Waals surface area contributed by atoms with E-state index in [2.05, 4.69) is 10.3 Å². The molecule has 19 heavy (non-hydrogen) atoms. The Morgan fingerprint density at radius 3 is 2.58 bits per heavy atom. The monoisotopic (exact) mass is 267 g/mol. The molecule has 0 bridgehead atoms. The number of nitrogens with zero attached hydrogens (tertiary/aromatic N) is 2. The molecule has 1 aromatic heterocycles. The quantitative estimate of drug-likeness (QED) is 0.816. The van der Waals surface area contributed by atoms with Gasteiger partial charge in [0.25, 0.3) is 5.91 Å². The van der Waals surface area contributed by atoms with Gasteiger partial charge in [-0.2, -0.15) is 4.39 Å². The topological polar surface area (TPSA) is 62.3 Å². The molecular formula is C13H18FN3O2. The highest BCUT2D eigenvalue weighted by Gasteiger charge is 2.20. The summed E-state index contributed by atoms with van der Waals surface area (Å²) in [5.41, 5.74) is 0.145. The summed E-state index contributed by atoms with van der Waals surface area (Å²) in [5.74, 6) is -1.38. The Bertz CT molecular complexity index is 461. The van der Waals surface area contributed by atoms with Crippen LogP contribution in [0.15, 0.2) is 18.3 Å². The number of aromatic nitrogens is 1. The molecule has 0 saturated heterocycles. The first-order valence-electron chi connectivity index (χ1n) is 6.20. The Morgan fingerprint density at radius 2 is 2.05 bits per heavy atom. The first kappa shape index (κ1) is 15.1. The molecule has 1 atom stereocenters. The molecule has 2 amide bonds. The molecular weight excluding hydrogens is 249 g/mol. The van der Waals surface area contributed by atoms with Crippen LogP contribution in [0.5, 0.6) is 0 Å². The Balaban J connectivity index is 2.69. The van der Waals surface area contributed by atoms with Gasteiger partial charge in [0.1, 0.15) is 6.04 Å². The highest BCUT2D eigenvalue weighted by Crippen LogP contribution is 2.02. The molecule has 6 heteroatoms. The van der Waals surface area contributed by atoms with E-state index in [1.165, 1.54) is 12.3 Å². The van der Waals surface area contributed by atoms with E-state index in [9.17, 15) is 14.0 Å². The third-order valence-electron chi connectivity index (χ3n) is 2.78. The van der Waals surface area contributed by atoms with Crippen molar-refractivity contribution in [3.8, 4) is 0 Å². The van der Waals surface area contributed by atoms with Gasteiger partial charge in [-0.1, -0.05) is 0 Å². The summed E-state index contributed by atoms with van der Waals surface area (Å²) >= 11 is 0. The van der Waals surface area contributed by atoms with Crippen molar-refractivity contribution in [1.82, 2.24) is 15.2 Å². The molecule has 0 aromatic carbocycles. The lowest BCUT2D eigenvalue weighted by atomic mass is 10.2. The predicted molar refractivity (Wildman–Crippen MR) is 69.1 cm³/mol. The highest BCUT2D eigenvalue weighted by atomic mass is 19.1. The molecule has 0 saturated carbocycles. The van der Waals surface area contributed by atoms with Gasteiger partial charge in [-0.25, -0.2) is 4.98 Å². The molecule has 1 N–H and O–H groups in total. The minimum Gasteiger partial charge on any atom is -0.341 e. The number of halogens is 1. The van der Waals surface area contributed by atoms with E-state index < -0.39 is 17.9 Å². The summed E-state index contributed by atoms with van der Waals surface area (Å²) in [7, 11) is 0. The Labute approximate surface area is 111 Å². The van der Waals surface area contributed by atoms with Crippen LogP contribution >= 0.6 is 0 Å². The molecule has 0 radical (unpaired) electrons. The van der Waals surface area contributed by atoms with E-state index >= 15 is 0 Å². The average molecular weight is 267 g/mol. The smallest absolute Gasteiger partial charge is 0.252 e. The lowest BCUT2D eigenvalue weighted by Crippen LogP contribution is -2.46. The summed E-state index contributed by atoms with van der Waals surface area (Å²) in [6.07, 6.45) is 1.21. The zero-order valence-corrected chi connectivity index (χ0v) is 11.3. The van der Waals surface area contributed by atoms with E-state index in [1.54, 1.807) is 11.8 Å². The summed E-state index contributed by atoms with van der Waals surface area (Å²) in [6, 6.07) is 1.78. The van der Waals surface area contributed by atoms with Crippen molar-refractivity contribution >= 4 is 11.8 Å². The van der Waals surface area contributed by atoms with Crippen molar-refractivity contribution in [2.24, 2.45) is 0 Å². The fourth-order valence-electron chi connectivity index (χ4n) is 1.69. The van der Waals surface area contributed by atoms with Crippen LogP contribution in [0.2, 0.25) is 0 Å². The molecule has 104 valence electrons. The maximum atomic E-state index is 12.9. The second-order valence-corrected chi connectivity index (χ2v) is 4.07. The molecule has 1 aromatic rings. The fraction of sp³-hybridized carbons (Fsp3) is 0.462. The summed E-state index contributed by atoms with van der Waals surface area (Å²) in [5, 5.41) is 2.55. The molecule has 0 aliphatic rings. The largest absolute Gasteiger partial charge is 0.341 e. The second-order valence-electron chi connectivity index (χ2n) is 4.07. The maximum absolute atomic E-state index is 12.9. The number of carbonyl (C=O) groups is 2. The summed E-state index contributed by atoms with van der Waals surface area (Å²) in [6.45, 7) is 6.51. The normalized spacial score (nSPS) is 11.8. The van der Waals surface area contributed by atoms with Gasteiger partial charge in [-0.3, -0.25) is 9.59 Å². The van der Waals surface area contributed by atoms with Crippen molar-refractivity contribution in [1.29, 1.82) is 0 Å². The van der Waals surface area contributed by atoms with Gasteiger partial charge in [0.15, 0.2) is 0 Å². The Morgan fingerprint density at radius 1 is 1.42 bits per heavy atom. The number of nitrogens with one attached hydrogen (secondary N) is 1. The lowest BCUT2D eigenvalue weighted by molar-refractivity contribution is -0.132. The van der Waals surface area contributed by atoms with Crippen molar-refractivity contribution < 1.29 is 14.0 Å². The van der Waals surface area contributed by atoms with Gasteiger partial charge in [0, 0.05) is 30.9 Å². The van der Waals surface area contributed by atoms with Crippen LogP contribution in [-0.4, -0.2) is 40.8 Å². The minimum absolute atomic E-state index is 0.145. The zero-order chi connectivity index (χ0) is 14.4. The van der Waals surface area contributed by atoms with Gasteiger partial charge >= 0.3 is 0 Å². The van der Waals surface area contributed by atoms with Gasteiger partial charge < -0.3 is 10.2 Å². The molecule has 1 unspecified atom stereocenters. The molecule has 0 aliphatic carbocycles. The SMILES string of the molecule is CCN(CC)C(=O)C(C)NC(=O)c1ccnc(F)c1. The molecule has 5 nitrogen and oxygen atoms in total. The van der Waals surface area contributed by atoms with E-state index in [0.717, 1.165) is 6.07 Å². The third-order valence-corrected chi connectivity index (χ3v) is 2.78. The zero-order valence-electron chi connectivity index (χ0n) is 11.3. The molecule has 0 aliphatic heterocycles. The van der Waals surface area contributed by atoms with Gasteiger partial charge in [0.2, 0.25) is 11.9 Å². The van der Waals surface area contributed by atoms with E-state index in [1.807, 2.05) is 13.8 Å². The summed E-state index contributed by atoms with van der Waals surface area (Å²) in [4.78, 5) is 28.8. The van der Waals surface area contributed by atoms with E-state index in [0.29, 0.717) is 13.1 Å². The standard InChI is InChI=1S/C13H18FN3O2/c1-4-17(5-2)13(19)9(3)16-12(18)10-6-7-15-11(14)8-10/h6-9H,4-5H2,1-3H3,(H,16,18). The number of pyridine rings is 1. The number of rotatable bonds is 5. The maximum Gasteiger partial charge on any atom is 0.252 e. The molecule has 0 fully saturated rings. The Kier molecular flexibility index (Phi) is 5.41. The van der Waals surface area contributed by atoms with Crippen molar-refractivity contribution in [3.05, 3.63) is 29.8 Å². The minimum atomic E-state index is -0.727. The molecule has 1 heterocycles. The van der Waals surface area contributed by atoms with Crippen molar-refractivity contribution in [2.45, 2.75) is 26.8 Å². The van der Waals surface area contributed by atoms with E-state index in [4.69, 9.17) is 0 Å². The number of amides is 2. The number of likely N-dealkylation sites (N-methyl/N-ethyl adjacent to an activating group) is 1. The van der Waals surface area contributed by atoms with Crippen LogP contribution in [0.25, 0.3) is 0 Å². The van der Waals surface area contributed by atoms with Gasteiger partial charge in [-0.05, 0) is 26.8 Å². The van der Waals surface area contributed by atoms with Crippen LogP contribution in [0.1, 0.15) is 31.1 Å².